The summed E-state index contributed by atoms with van der Waals surface area (Å²) in [5, 5.41) is 3.03. The molecule has 1 saturated carbocycles. The van der Waals surface area contributed by atoms with Gasteiger partial charge in [0.2, 0.25) is 15.9 Å². The number of aromatic nitrogens is 4. The highest BCUT2D eigenvalue weighted by Gasteiger charge is 2.38. The van der Waals surface area contributed by atoms with Gasteiger partial charge in [-0.05, 0) is 31.9 Å². The third kappa shape index (κ3) is 6.09. The van der Waals surface area contributed by atoms with E-state index >= 15 is 0 Å². The Kier molecular flexibility index (Phi) is 7.66. The first kappa shape index (κ1) is 27.0. The van der Waals surface area contributed by atoms with E-state index in [0.29, 0.717) is 65.7 Å². The lowest BCUT2D eigenvalue weighted by Crippen LogP contribution is -2.38. The summed E-state index contributed by atoms with van der Waals surface area (Å²) in [7, 11) is -3.43. The van der Waals surface area contributed by atoms with Gasteiger partial charge in [0.15, 0.2) is 5.01 Å². The molecule has 3 fully saturated rings. The van der Waals surface area contributed by atoms with Crippen LogP contribution in [0.3, 0.4) is 0 Å². The number of thiazole rings is 1. The molecule has 3 aliphatic rings. The van der Waals surface area contributed by atoms with Crippen LogP contribution >= 0.6 is 11.3 Å². The van der Waals surface area contributed by atoms with Crippen molar-refractivity contribution in [1.82, 2.24) is 30.2 Å². The Labute approximate surface area is 236 Å². The van der Waals surface area contributed by atoms with Crippen molar-refractivity contribution < 1.29 is 22.7 Å². The second-order valence-electron chi connectivity index (χ2n) is 10.3. The Hall–Kier alpha value is -3.20. The van der Waals surface area contributed by atoms with Crippen molar-refractivity contribution in [3.63, 3.8) is 0 Å². The number of amides is 1. The fourth-order valence-electron chi connectivity index (χ4n) is 5.13. The average Bonchev–Trinajstić information content (AvgIpc) is 3.34. The van der Waals surface area contributed by atoms with Crippen LogP contribution in [0.4, 0.5) is 5.69 Å². The number of anilines is 1. The minimum Gasteiger partial charge on any atom is -0.477 e. The maximum absolute atomic E-state index is 13.4. The van der Waals surface area contributed by atoms with E-state index in [1.807, 2.05) is 6.92 Å². The largest absolute Gasteiger partial charge is 0.477 e. The number of nitrogens with one attached hydrogen (secondary N) is 2. The van der Waals surface area contributed by atoms with Gasteiger partial charge in [-0.15, -0.1) is 11.3 Å². The molecule has 2 N–H and O–H groups in total. The molecular weight excluding hydrogens is 554 g/mol. The van der Waals surface area contributed by atoms with Crippen LogP contribution < -0.4 is 14.8 Å². The Morgan fingerprint density at radius 3 is 2.75 bits per heavy atom. The van der Waals surface area contributed by atoms with Crippen molar-refractivity contribution in [3.8, 4) is 16.5 Å². The van der Waals surface area contributed by atoms with Crippen LogP contribution in [0.1, 0.15) is 41.3 Å². The van der Waals surface area contributed by atoms with Crippen molar-refractivity contribution >= 4 is 33.0 Å². The summed E-state index contributed by atoms with van der Waals surface area (Å²) in [6, 6.07) is 2.85. The van der Waals surface area contributed by atoms with E-state index in [0.717, 1.165) is 26.3 Å². The van der Waals surface area contributed by atoms with Crippen LogP contribution in [0.15, 0.2) is 36.9 Å². The van der Waals surface area contributed by atoms with Gasteiger partial charge in [-0.2, -0.15) is 0 Å². The van der Waals surface area contributed by atoms with E-state index in [9.17, 15) is 13.2 Å². The Morgan fingerprint density at radius 2 is 2.00 bits per heavy atom. The van der Waals surface area contributed by atoms with Crippen LogP contribution in [0.5, 0.6) is 5.88 Å². The second kappa shape index (κ2) is 11.4. The van der Waals surface area contributed by atoms with Gasteiger partial charge in [0.25, 0.3) is 5.91 Å². The van der Waals surface area contributed by atoms with Gasteiger partial charge in [-0.25, -0.2) is 18.4 Å². The zero-order valence-electron chi connectivity index (χ0n) is 22.0. The zero-order valence-corrected chi connectivity index (χ0v) is 23.7. The molecule has 1 aliphatic carbocycles. The molecule has 3 aromatic heterocycles. The molecule has 0 bridgehead atoms. The number of sulfonamides is 1. The van der Waals surface area contributed by atoms with Crippen molar-refractivity contribution in [2.24, 2.45) is 11.8 Å². The number of carbonyl (C=O) groups is 1. The molecule has 1 amide bonds. The summed E-state index contributed by atoms with van der Waals surface area (Å²) in [4.78, 5) is 33.9. The molecule has 2 aliphatic heterocycles. The van der Waals surface area contributed by atoms with Crippen LogP contribution in [-0.2, 0) is 14.8 Å². The quantitative estimate of drug-likeness (QED) is 0.343. The normalized spacial score (nSPS) is 21.6. The van der Waals surface area contributed by atoms with E-state index < -0.39 is 16.1 Å². The van der Waals surface area contributed by atoms with Crippen molar-refractivity contribution in [1.29, 1.82) is 0 Å². The molecule has 2 saturated heterocycles. The lowest BCUT2D eigenvalue weighted by molar-refractivity contribution is 0.0920. The maximum Gasteiger partial charge on any atom is 0.280 e. The molecule has 6 rings (SSSR count). The van der Waals surface area contributed by atoms with Gasteiger partial charge in [0.05, 0.1) is 59.8 Å². The monoisotopic (exact) mass is 585 g/mol. The Bertz CT molecular complexity index is 1470. The topological polar surface area (TPSA) is 149 Å². The third-order valence-corrected chi connectivity index (χ3v) is 10.2. The fourth-order valence-corrected chi connectivity index (χ4v) is 7.29. The highest BCUT2D eigenvalue weighted by Crippen LogP contribution is 2.32. The third-order valence-electron chi connectivity index (χ3n) is 7.28. The molecular formula is C26H31N7O5S2. The predicted octanol–water partition coefficient (Wildman–Crippen LogP) is 2.35. The van der Waals surface area contributed by atoms with E-state index in [2.05, 4.69) is 34.9 Å². The molecule has 40 heavy (non-hydrogen) atoms. The summed E-state index contributed by atoms with van der Waals surface area (Å²) in [6.07, 6.45) is 7.65. The van der Waals surface area contributed by atoms with Gasteiger partial charge in [0, 0.05) is 43.9 Å². The zero-order chi connectivity index (χ0) is 27.7. The average molecular weight is 586 g/mol. The second-order valence-corrected chi connectivity index (χ2v) is 13.3. The van der Waals surface area contributed by atoms with Crippen molar-refractivity contribution in [2.45, 2.75) is 31.1 Å². The smallest absolute Gasteiger partial charge is 0.280 e. The highest BCUT2D eigenvalue weighted by molar-refractivity contribution is 7.93. The van der Waals surface area contributed by atoms with Gasteiger partial charge < -0.3 is 19.7 Å². The van der Waals surface area contributed by atoms with E-state index in [1.165, 1.54) is 17.5 Å². The van der Waals surface area contributed by atoms with Crippen molar-refractivity contribution in [3.05, 3.63) is 47.6 Å². The number of fused-ring (bicyclic) bond motifs is 1. The molecule has 12 nitrogen and oxygen atoms in total. The minimum atomic E-state index is -3.43. The number of ether oxygens (including phenoxy) is 2. The van der Waals surface area contributed by atoms with E-state index in [1.54, 1.807) is 30.7 Å². The predicted molar refractivity (Wildman–Crippen MR) is 149 cm³/mol. The van der Waals surface area contributed by atoms with Crippen LogP contribution in [0.2, 0.25) is 0 Å². The standard InChI is InChI=1S/C26H31N7O5S2/c1-2-38-24-10-27-8-21(30-24)23-9-29-26(39-23)25(34)31-22(13-33-11-16-14-37-15-17(16)12-33)20-7-18(5-6-28-20)32-40(35,36)19-3-4-19/h5-10,16-17,19,22H,2-4,11-15H2,1H3,(H,28,32)(H,31,34)/t16-,17+,22?. The lowest BCUT2D eigenvalue weighted by atomic mass is 10.0. The Morgan fingerprint density at radius 1 is 1.20 bits per heavy atom. The van der Waals surface area contributed by atoms with E-state index in [4.69, 9.17) is 9.47 Å². The number of hydrogen-bond acceptors (Lipinski definition) is 11. The van der Waals surface area contributed by atoms with Crippen molar-refractivity contribution in [2.75, 3.05) is 44.2 Å². The summed E-state index contributed by atoms with van der Waals surface area (Å²) >= 11 is 1.21. The number of nitrogens with zero attached hydrogens (tertiary/aromatic N) is 5. The van der Waals surface area contributed by atoms with Gasteiger partial charge in [-0.3, -0.25) is 19.5 Å². The highest BCUT2D eigenvalue weighted by atomic mass is 32.2. The first-order chi connectivity index (χ1) is 19.4. The minimum absolute atomic E-state index is 0.279. The molecule has 14 heteroatoms. The van der Waals surface area contributed by atoms with Crippen LogP contribution in [0, 0.1) is 11.8 Å². The molecule has 212 valence electrons. The van der Waals surface area contributed by atoms with Gasteiger partial charge in [-0.1, -0.05) is 0 Å². The number of carbonyl (C=O) groups excluding carboxylic acids is 1. The molecule has 0 radical (unpaired) electrons. The summed E-state index contributed by atoms with van der Waals surface area (Å²) < 4.78 is 38.8. The first-order valence-corrected chi connectivity index (χ1v) is 15.7. The number of rotatable bonds is 11. The van der Waals surface area contributed by atoms with E-state index in [-0.39, 0.29) is 16.2 Å². The first-order valence-electron chi connectivity index (χ1n) is 13.4. The number of likely N-dealkylation sites (tertiary alicyclic amines) is 1. The van der Waals surface area contributed by atoms with Gasteiger partial charge in [0.1, 0.15) is 5.69 Å². The molecule has 0 spiro atoms. The lowest BCUT2D eigenvalue weighted by Gasteiger charge is -2.25. The number of pyridine rings is 1. The van der Waals surface area contributed by atoms with Crippen LogP contribution in [-0.4, -0.2) is 83.9 Å². The van der Waals surface area contributed by atoms with Crippen LogP contribution in [0.25, 0.3) is 10.6 Å². The molecule has 3 aromatic rings. The summed E-state index contributed by atoms with van der Waals surface area (Å²) in [6.45, 7) is 6.13. The number of hydrogen-bond donors (Lipinski definition) is 2. The Balaban J connectivity index is 1.21. The molecule has 0 aromatic carbocycles. The fraction of sp³-hybridized carbons (Fsp3) is 0.500. The molecule has 5 heterocycles. The summed E-state index contributed by atoms with van der Waals surface area (Å²) in [5.41, 5.74) is 1.58. The molecule has 1 unspecified atom stereocenters. The SMILES string of the molecule is CCOc1cncc(-c2cnc(C(=O)NC(CN3C[C@H]4COC[C@H]4C3)c3cc(NS(=O)(=O)C4CC4)ccn3)s2)n1. The maximum atomic E-state index is 13.4. The van der Waals surface area contributed by atoms with Gasteiger partial charge >= 0.3 is 0 Å². The molecule has 3 atom stereocenters. The summed E-state index contributed by atoms with van der Waals surface area (Å²) in [5.74, 6) is 1.03.